The first-order chi connectivity index (χ1) is 10.2. The van der Waals surface area contributed by atoms with Gasteiger partial charge in [-0.25, -0.2) is 4.79 Å². The highest BCUT2D eigenvalue weighted by atomic mass is 16.5. The Balaban J connectivity index is 2.30. The molecule has 0 aliphatic rings. The Morgan fingerprint density at radius 3 is 2.48 bits per heavy atom. The van der Waals surface area contributed by atoms with E-state index in [0.717, 1.165) is 12.8 Å². The molecule has 114 valence electrons. The van der Waals surface area contributed by atoms with Gasteiger partial charge in [-0.2, -0.15) is 5.26 Å². The maximum absolute atomic E-state index is 10.9. The highest BCUT2D eigenvalue weighted by Gasteiger charge is 2.10. The molecule has 0 spiro atoms. The zero-order valence-corrected chi connectivity index (χ0v) is 12.6. The summed E-state index contributed by atoms with van der Waals surface area (Å²) in [4.78, 5) is 10.9. The first kappa shape index (κ1) is 17.0. The van der Waals surface area contributed by atoms with Gasteiger partial charge in [-0.3, -0.25) is 0 Å². The Hall–Kier alpha value is -2.02. The van der Waals surface area contributed by atoms with Crippen LogP contribution in [0.2, 0.25) is 0 Å². The lowest BCUT2D eigenvalue weighted by molar-refractivity contribution is 0.0696. The quantitative estimate of drug-likeness (QED) is 0.649. The van der Waals surface area contributed by atoms with Crippen LogP contribution in [0.5, 0.6) is 5.75 Å². The highest BCUT2D eigenvalue weighted by Crippen LogP contribution is 2.18. The minimum Gasteiger partial charge on any atom is -0.494 e. The zero-order chi connectivity index (χ0) is 15.5. The van der Waals surface area contributed by atoms with Gasteiger partial charge in [-0.05, 0) is 24.6 Å². The van der Waals surface area contributed by atoms with Gasteiger partial charge in [0.1, 0.15) is 11.8 Å². The Bertz CT molecular complexity index is 491. The summed E-state index contributed by atoms with van der Waals surface area (Å²) in [6.07, 6.45) is 8.50. The Kier molecular flexibility index (Phi) is 7.96. The molecule has 1 rings (SSSR count). The summed E-state index contributed by atoms with van der Waals surface area (Å²) in [6.45, 7) is 2.81. The number of carboxylic acids is 1. The molecule has 0 amide bonds. The van der Waals surface area contributed by atoms with Crippen molar-refractivity contribution < 1.29 is 14.6 Å². The monoisotopic (exact) mass is 289 g/mol. The number of benzene rings is 1. The summed E-state index contributed by atoms with van der Waals surface area (Å²) >= 11 is 0. The minimum atomic E-state index is -1.09. The van der Waals surface area contributed by atoms with E-state index in [4.69, 9.17) is 15.1 Å². The van der Waals surface area contributed by atoms with Gasteiger partial charge in [0.2, 0.25) is 0 Å². The van der Waals surface area contributed by atoms with Crippen LogP contribution in [0.1, 0.15) is 67.8 Å². The lowest BCUT2D eigenvalue weighted by Crippen LogP contribution is -2.02. The van der Waals surface area contributed by atoms with Crippen molar-refractivity contribution in [2.24, 2.45) is 0 Å². The van der Waals surface area contributed by atoms with Crippen LogP contribution in [-0.4, -0.2) is 17.7 Å². The Morgan fingerprint density at radius 2 is 1.86 bits per heavy atom. The number of hydrogen-bond donors (Lipinski definition) is 1. The fourth-order valence-corrected chi connectivity index (χ4v) is 2.14. The molecule has 0 atom stereocenters. The van der Waals surface area contributed by atoms with Crippen molar-refractivity contribution in [1.29, 1.82) is 5.26 Å². The molecule has 0 aromatic heterocycles. The smallest absolute Gasteiger partial charge is 0.337 e. The Morgan fingerprint density at radius 1 is 1.19 bits per heavy atom. The van der Waals surface area contributed by atoms with E-state index in [1.165, 1.54) is 44.2 Å². The molecule has 4 heteroatoms. The van der Waals surface area contributed by atoms with Crippen molar-refractivity contribution in [2.45, 2.75) is 51.9 Å². The lowest BCUT2D eigenvalue weighted by atomic mass is 10.1. The van der Waals surface area contributed by atoms with Crippen LogP contribution >= 0.6 is 0 Å². The van der Waals surface area contributed by atoms with E-state index in [1.807, 2.05) is 6.07 Å². The fraction of sp³-hybridized carbons (Fsp3) is 0.529. The molecule has 0 saturated heterocycles. The highest BCUT2D eigenvalue weighted by molar-refractivity contribution is 5.90. The number of rotatable bonds is 10. The van der Waals surface area contributed by atoms with Crippen molar-refractivity contribution in [3.05, 3.63) is 29.3 Å². The average molecular weight is 289 g/mol. The van der Waals surface area contributed by atoms with Crippen LogP contribution in [0.15, 0.2) is 18.2 Å². The number of nitrogens with zero attached hydrogens (tertiary/aromatic N) is 1. The first-order valence-electron chi connectivity index (χ1n) is 7.59. The molecule has 0 saturated carbocycles. The van der Waals surface area contributed by atoms with Crippen LogP contribution in [0.3, 0.4) is 0 Å². The standard InChI is InChI=1S/C17H23NO3/c1-2-3-4-5-6-7-8-11-21-15-9-10-16(17(19)20)14(12-15)13-18/h9-10,12H,2-8,11H2,1H3,(H,19,20). The van der Waals surface area contributed by atoms with Crippen molar-refractivity contribution in [3.8, 4) is 11.8 Å². The first-order valence-corrected chi connectivity index (χ1v) is 7.59. The van der Waals surface area contributed by atoms with Gasteiger partial charge >= 0.3 is 5.97 Å². The van der Waals surface area contributed by atoms with E-state index in [-0.39, 0.29) is 11.1 Å². The van der Waals surface area contributed by atoms with Gasteiger partial charge in [0.25, 0.3) is 0 Å². The van der Waals surface area contributed by atoms with E-state index < -0.39 is 5.97 Å². The molecule has 1 N–H and O–H groups in total. The molecular weight excluding hydrogens is 266 g/mol. The summed E-state index contributed by atoms with van der Waals surface area (Å²) in [5.74, 6) is -0.535. The largest absolute Gasteiger partial charge is 0.494 e. The molecule has 1 aromatic carbocycles. The number of nitriles is 1. The van der Waals surface area contributed by atoms with Crippen LogP contribution in [0.4, 0.5) is 0 Å². The maximum Gasteiger partial charge on any atom is 0.337 e. The molecule has 0 aliphatic carbocycles. The van der Waals surface area contributed by atoms with Crippen LogP contribution in [-0.2, 0) is 0 Å². The molecule has 4 nitrogen and oxygen atoms in total. The number of carbonyl (C=O) groups is 1. The second-order valence-corrected chi connectivity index (χ2v) is 5.09. The van der Waals surface area contributed by atoms with Crippen molar-refractivity contribution >= 4 is 5.97 Å². The van der Waals surface area contributed by atoms with E-state index in [1.54, 1.807) is 6.07 Å². The van der Waals surface area contributed by atoms with Crippen molar-refractivity contribution in [2.75, 3.05) is 6.61 Å². The summed E-state index contributed by atoms with van der Waals surface area (Å²) < 4.78 is 5.57. The van der Waals surface area contributed by atoms with E-state index in [9.17, 15) is 4.79 Å². The SMILES string of the molecule is CCCCCCCCCOc1ccc(C(=O)O)c(C#N)c1. The fourth-order valence-electron chi connectivity index (χ4n) is 2.14. The molecule has 0 bridgehead atoms. The minimum absolute atomic E-state index is 0.0146. The molecule has 1 aromatic rings. The third-order valence-electron chi connectivity index (χ3n) is 3.36. The molecular formula is C17H23NO3. The van der Waals surface area contributed by atoms with E-state index in [0.29, 0.717) is 12.4 Å². The molecule has 0 fully saturated rings. The van der Waals surface area contributed by atoms with Gasteiger partial charge in [0, 0.05) is 0 Å². The third kappa shape index (κ3) is 6.31. The maximum atomic E-state index is 10.9. The Labute approximate surface area is 126 Å². The lowest BCUT2D eigenvalue weighted by Gasteiger charge is -2.07. The van der Waals surface area contributed by atoms with Crippen molar-refractivity contribution in [3.63, 3.8) is 0 Å². The predicted molar refractivity (Wildman–Crippen MR) is 81.6 cm³/mol. The number of aromatic carboxylic acids is 1. The summed E-state index contributed by atoms with van der Waals surface area (Å²) in [5, 5.41) is 17.9. The van der Waals surface area contributed by atoms with Crippen LogP contribution in [0.25, 0.3) is 0 Å². The third-order valence-corrected chi connectivity index (χ3v) is 3.36. The average Bonchev–Trinajstić information content (AvgIpc) is 2.49. The van der Waals surface area contributed by atoms with Crippen LogP contribution in [0, 0.1) is 11.3 Å². The molecule has 21 heavy (non-hydrogen) atoms. The molecule has 0 aliphatic heterocycles. The van der Waals surface area contributed by atoms with Gasteiger partial charge in [0.15, 0.2) is 0 Å². The van der Waals surface area contributed by atoms with Crippen LogP contribution < -0.4 is 4.74 Å². The summed E-state index contributed by atoms with van der Waals surface area (Å²) in [6, 6.07) is 6.40. The number of hydrogen-bond acceptors (Lipinski definition) is 3. The van der Waals surface area contributed by atoms with E-state index >= 15 is 0 Å². The normalized spacial score (nSPS) is 10.1. The topological polar surface area (TPSA) is 70.3 Å². The predicted octanol–water partition coefficient (Wildman–Crippen LogP) is 4.39. The second kappa shape index (κ2) is 9.82. The van der Waals surface area contributed by atoms with Gasteiger partial charge in [0.05, 0.1) is 17.7 Å². The molecule has 0 heterocycles. The van der Waals surface area contributed by atoms with Gasteiger partial charge in [-0.15, -0.1) is 0 Å². The number of ether oxygens (including phenoxy) is 1. The number of carboxylic acid groups (broad SMARTS) is 1. The van der Waals surface area contributed by atoms with E-state index in [2.05, 4.69) is 6.92 Å². The molecule has 0 radical (unpaired) electrons. The zero-order valence-electron chi connectivity index (χ0n) is 12.6. The second-order valence-electron chi connectivity index (χ2n) is 5.09. The van der Waals surface area contributed by atoms with Gasteiger partial charge < -0.3 is 9.84 Å². The van der Waals surface area contributed by atoms with Crippen molar-refractivity contribution in [1.82, 2.24) is 0 Å². The summed E-state index contributed by atoms with van der Waals surface area (Å²) in [5.41, 5.74) is 0.153. The molecule has 0 unspecified atom stereocenters. The number of unbranched alkanes of at least 4 members (excludes halogenated alkanes) is 6. The summed E-state index contributed by atoms with van der Waals surface area (Å²) in [7, 11) is 0. The van der Waals surface area contributed by atoms with Gasteiger partial charge in [-0.1, -0.05) is 45.4 Å².